The first-order chi connectivity index (χ1) is 10.9. The highest BCUT2D eigenvalue weighted by Gasteiger charge is 2.25. The van der Waals surface area contributed by atoms with Gasteiger partial charge in [0.15, 0.2) is 11.5 Å². The zero-order valence-corrected chi connectivity index (χ0v) is 13.8. The van der Waals surface area contributed by atoms with Crippen molar-refractivity contribution in [1.82, 2.24) is 9.55 Å². The Morgan fingerprint density at radius 2 is 1.96 bits per heavy atom. The smallest absolute Gasteiger partial charge is 0.303 e. The number of fused-ring (bicyclic) bond motifs is 2. The average molecular weight is 318 g/mol. The number of ether oxygens (including phenoxy) is 2. The van der Waals surface area contributed by atoms with Crippen molar-refractivity contribution in [2.75, 3.05) is 6.79 Å². The second-order valence-electron chi connectivity index (χ2n) is 6.88. The molecule has 0 saturated heterocycles. The van der Waals surface area contributed by atoms with Crippen LogP contribution in [0.3, 0.4) is 0 Å². The first kappa shape index (κ1) is 15.6. The van der Waals surface area contributed by atoms with Crippen LogP contribution < -0.4 is 9.47 Å². The molecule has 1 N–H and O–H groups in total. The van der Waals surface area contributed by atoms with E-state index in [1.54, 1.807) is 0 Å². The van der Waals surface area contributed by atoms with Crippen LogP contribution in [0.2, 0.25) is 0 Å². The number of hydrogen-bond donors (Lipinski definition) is 1. The predicted octanol–water partition coefficient (Wildman–Crippen LogP) is 3.32. The van der Waals surface area contributed by atoms with E-state index in [0.717, 1.165) is 41.3 Å². The highest BCUT2D eigenvalue weighted by Crippen LogP contribution is 2.37. The summed E-state index contributed by atoms with van der Waals surface area (Å²) in [5.74, 6) is 1.71. The van der Waals surface area contributed by atoms with Crippen LogP contribution >= 0.6 is 0 Å². The Kier molecular flexibility index (Phi) is 3.92. The van der Waals surface area contributed by atoms with Crippen molar-refractivity contribution in [2.45, 2.75) is 52.0 Å². The van der Waals surface area contributed by atoms with Crippen molar-refractivity contribution < 1.29 is 19.4 Å². The van der Waals surface area contributed by atoms with Gasteiger partial charge in [-0.2, -0.15) is 0 Å². The fourth-order valence-corrected chi connectivity index (χ4v) is 2.86. The zero-order chi connectivity index (χ0) is 16.6. The summed E-state index contributed by atoms with van der Waals surface area (Å²) in [6.07, 6.45) is 1.66. The number of unbranched alkanes of at least 4 members (excludes halogenated alkanes) is 1. The fourth-order valence-electron chi connectivity index (χ4n) is 2.86. The van der Waals surface area contributed by atoms with Crippen molar-refractivity contribution in [2.24, 2.45) is 0 Å². The van der Waals surface area contributed by atoms with Crippen LogP contribution in [0.1, 0.15) is 45.9 Å². The van der Waals surface area contributed by atoms with Crippen LogP contribution in [-0.4, -0.2) is 27.4 Å². The van der Waals surface area contributed by atoms with Crippen molar-refractivity contribution in [3.05, 3.63) is 18.0 Å². The third kappa shape index (κ3) is 3.11. The van der Waals surface area contributed by atoms with Crippen LogP contribution in [0.5, 0.6) is 11.5 Å². The number of aromatic nitrogens is 2. The lowest BCUT2D eigenvalue weighted by Crippen LogP contribution is -2.19. The molecule has 0 radical (unpaired) electrons. The molecule has 0 saturated carbocycles. The van der Waals surface area contributed by atoms with Gasteiger partial charge in [0.2, 0.25) is 6.79 Å². The highest BCUT2D eigenvalue weighted by atomic mass is 16.7. The molecule has 6 nitrogen and oxygen atoms in total. The molecule has 0 spiro atoms. The molecule has 0 bridgehead atoms. The summed E-state index contributed by atoms with van der Waals surface area (Å²) in [4.78, 5) is 15.5. The Labute approximate surface area is 135 Å². The molecule has 124 valence electrons. The standard InChI is InChI=1S/C17H22N2O4/c1-17(2,3)16-18-11-8-13-14(23-10-22-13)9-12(11)19(16)7-5-4-6-15(20)21/h8-9H,4-7,10H2,1-3H3,(H,20,21). The quantitative estimate of drug-likeness (QED) is 0.856. The molecule has 2 heterocycles. The van der Waals surface area contributed by atoms with Crippen LogP contribution in [0.15, 0.2) is 12.1 Å². The SMILES string of the molecule is CC(C)(C)c1nc2cc3c(cc2n1CCCCC(=O)O)OCO3. The minimum Gasteiger partial charge on any atom is -0.481 e. The van der Waals surface area contributed by atoms with Gasteiger partial charge in [-0.15, -0.1) is 0 Å². The van der Waals surface area contributed by atoms with Gasteiger partial charge in [0.25, 0.3) is 0 Å². The molecule has 1 aliphatic heterocycles. The number of nitrogens with zero attached hydrogens (tertiary/aromatic N) is 2. The van der Waals surface area contributed by atoms with E-state index < -0.39 is 5.97 Å². The summed E-state index contributed by atoms with van der Waals surface area (Å²) < 4.78 is 13.1. The second-order valence-corrected chi connectivity index (χ2v) is 6.88. The maximum atomic E-state index is 10.7. The van der Waals surface area contributed by atoms with Crippen molar-refractivity contribution in [3.8, 4) is 11.5 Å². The third-order valence-corrected chi connectivity index (χ3v) is 3.94. The Hall–Kier alpha value is -2.24. The lowest BCUT2D eigenvalue weighted by molar-refractivity contribution is -0.137. The molecule has 0 atom stereocenters. The largest absolute Gasteiger partial charge is 0.481 e. The number of imidazole rings is 1. The maximum Gasteiger partial charge on any atom is 0.303 e. The first-order valence-electron chi connectivity index (χ1n) is 7.88. The summed E-state index contributed by atoms with van der Waals surface area (Å²) in [5.41, 5.74) is 1.80. The summed E-state index contributed by atoms with van der Waals surface area (Å²) in [6.45, 7) is 7.37. The van der Waals surface area contributed by atoms with Gasteiger partial charge in [-0.3, -0.25) is 4.79 Å². The van der Waals surface area contributed by atoms with Crippen LogP contribution in [0, 0.1) is 0 Å². The summed E-state index contributed by atoms with van der Waals surface area (Å²) >= 11 is 0. The number of benzene rings is 1. The van der Waals surface area contributed by atoms with Gasteiger partial charge < -0.3 is 19.1 Å². The second kappa shape index (κ2) is 5.76. The van der Waals surface area contributed by atoms with Crippen molar-refractivity contribution >= 4 is 17.0 Å². The fraction of sp³-hybridized carbons (Fsp3) is 0.529. The summed E-state index contributed by atoms with van der Waals surface area (Å²) in [5, 5.41) is 8.78. The van der Waals surface area contributed by atoms with Crippen LogP contribution in [0.25, 0.3) is 11.0 Å². The van der Waals surface area contributed by atoms with Gasteiger partial charge in [-0.25, -0.2) is 4.98 Å². The minimum atomic E-state index is -0.750. The third-order valence-electron chi connectivity index (χ3n) is 3.94. The van der Waals surface area contributed by atoms with Crippen LogP contribution in [0.4, 0.5) is 0 Å². The van der Waals surface area contributed by atoms with Gasteiger partial charge in [-0.1, -0.05) is 20.8 Å². The van der Waals surface area contributed by atoms with E-state index in [1.807, 2.05) is 12.1 Å². The maximum absolute atomic E-state index is 10.7. The number of rotatable bonds is 5. The molecule has 3 rings (SSSR count). The molecular formula is C17H22N2O4. The molecule has 6 heteroatoms. The summed E-state index contributed by atoms with van der Waals surface area (Å²) in [7, 11) is 0. The number of aryl methyl sites for hydroxylation is 1. The lowest BCUT2D eigenvalue weighted by atomic mass is 9.95. The molecule has 1 aromatic carbocycles. The molecule has 23 heavy (non-hydrogen) atoms. The minimum absolute atomic E-state index is 0.0992. The van der Waals surface area contributed by atoms with E-state index in [9.17, 15) is 4.79 Å². The Morgan fingerprint density at radius 1 is 1.26 bits per heavy atom. The molecule has 1 aliphatic rings. The van der Waals surface area contributed by atoms with Gasteiger partial charge in [0, 0.05) is 30.5 Å². The van der Waals surface area contributed by atoms with E-state index >= 15 is 0 Å². The first-order valence-corrected chi connectivity index (χ1v) is 7.88. The zero-order valence-electron chi connectivity index (χ0n) is 13.8. The predicted molar refractivity (Wildman–Crippen MR) is 86.0 cm³/mol. The Balaban J connectivity index is 1.96. The molecule has 2 aromatic rings. The molecule has 0 fully saturated rings. The molecular weight excluding hydrogens is 296 g/mol. The Bertz CT molecular complexity index is 743. The highest BCUT2D eigenvalue weighted by molar-refractivity contribution is 5.81. The molecule has 0 unspecified atom stereocenters. The van der Waals surface area contributed by atoms with E-state index in [1.165, 1.54) is 0 Å². The number of carbonyl (C=O) groups is 1. The number of aliphatic carboxylic acids is 1. The van der Waals surface area contributed by atoms with Crippen molar-refractivity contribution in [3.63, 3.8) is 0 Å². The average Bonchev–Trinajstić information content (AvgIpc) is 3.04. The van der Waals surface area contributed by atoms with Gasteiger partial charge in [0.05, 0.1) is 11.0 Å². The van der Waals surface area contributed by atoms with E-state index in [-0.39, 0.29) is 18.6 Å². The van der Waals surface area contributed by atoms with E-state index in [2.05, 4.69) is 25.3 Å². The molecule has 0 aliphatic carbocycles. The van der Waals surface area contributed by atoms with Crippen molar-refractivity contribution in [1.29, 1.82) is 0 Å². The van der Waals surface area contributed by atoms with Gasteiger partial charge in [-0.05, 0) is 12.8 Å². The molecule has 1 aromatic heterocycles. The number of carboxylic acid groups (broad SMARTS) is 1. The number of carboxylic acids is 1. The monoisotopic (exact) mass is 318 g/mol. The molecule has 0 amide bonds. The van der Waals surface area contributed by atoms with Gasteiger partial charge >= 0.3 is 5.97 Å². The number of hydrogen-bond acceptors (Lipinski definition) is 4. The van der Waals surface area contributed by atoms with E-state index in [0.29, 0.717) is 6.42 Å². The van der Waals surface area contributed by atoms with E-state index in [4.69, 9.17) is 19.6 Å². The lowest BCUT2D eigenvalue weighted by Gasteiger charge is -2.20. The summed E-state index contributed by atoms with van der Waals surface area (Å²) in [6, 6.07) is 3.89. The van der Waals surface area contributed by atoms with Crippen LogP contribution in [-0.2, 0) is 16.8 Å². The normalized spacial score (nSPS) is 13.7. The van der Waals surface area contributed by atoms with Gasteiger partial charge in [0.1, 0.15) is 5.82 Å². The topological polar surface area (TPSA) is 73.6 Å². The Morgan fingerprint density at radius 3 is 2.61 bits per heavy atom.